The molecule has 6 nitrogen and oxygen atoms in total. The Morgan fingerprint density at radius 2 is 1.35 bits per heavy atom. The summed E-state index contributed by atoms with van der Waals surface area (Å²) in [7, 11) is 0. The Bertz CT molecular complexity index is 1990. The van der Waals surface area contributed by atoms with Crippen LogP contribution in [0.3, 0.4) is 0 Å². The van der Waals surface area contributed by atoms with E-state index in [9.17, 15) is 37.8 Å². The number of amides is 1. The highest BCUT2D eigenvalue weighted by Gasteiger charge is 2.34. The molecule has 0 aliphatic carbocycles. The number of aliphatic carboxylic acids is 2. The van der Waals surface area contributed by atoms with Gasteiger partial charge >= 0.3 is 18.1 Å². The summed E-state index contributed by atoms with van der Waals surface area (Å²) in [5, 5.41) is 23.1. The molecule has 9 heteroatoms. The topological polar surface area (TPSA) is 94.9 Å². The first-order valence-corrected chi connectivity index (χ1v) is 15.9. The first-order valence-electron chi connectivity index (χ1n) is 15.9. The predicted molar refractivity (Wildman–Crippen MR) is 184 cm³/mol. The molecule has 3 atom stereocenters. The Morgan fingerprint density at radius 3 is 1.94 bits per heavy atom. The highest BCUT2D eigenvalue weighted by Crippen LogP contribution is 2.34. The van der Waals surface area contributed by atoms with Crippen molar-refractivity contribution in [3.8, 4) is 0 Å². The summed E-state index contributed by atoms with van der Waals surface area (Å²) >= 11 is 0. The van der Waals surface area contributed by atoms with Crippen LogP contribution in [0.1, 0.15) is 54.4 Å². The number of nitrogens with zero attached hydrogens (tertiary/aromatic N) is 1. The molecule has 0 aliphatic rings. The zero-order valence-corrected chi connectivity index (χ0v) is 26.8. The molecule has 0 fully saturated rings. The lowest BCUT2D eigenvalue weighted by atomic mass is 9.86. The van der Waals surface area contributed by atoms with Crippen molar-refractivity contribution in [2.45, 2.75) is 50.9 Å². The molecule has 0 spiro atoms. The lowest BCUT2D eigenvalue weighted by Gasteiger charge is -2.36. The third-order valence-electron chi connectivity index (χ3n) is 8.89. The van der Waals surface area contributed by atoms with Crippen molar-refractivity contribution >= 4 is 45.5 Å². The summed E-state index contributed by atoms with van der Waals surface area (Å²) in [4.78, 5) is 38.9. The number of alkyl halides is 3. The smallest absolute Gasteiger partial charge is 0.416 e. The van der Waals surface area contributed by atoms with Crippen LogP contribution in [0.5, 0.6) is 0 Å². The van der Waals surface area contributed by atoms with E-state index in [1.54, 1.807) is 6.92 Å². The monoisotopic (exact) mass is 667 g/mol. The second kappa shape index (κ2) is 15.2. The maximum absolute atomic E-state index is 14.0. The van der Waals surface area contributed by atoms with Gasteiger partial charge < -0.3 is 15.1 Å². The molecule has 2 N–H and O–H groups in total. The van der Waals surface area contributed by atoms with Crippen molar-refractivity contribution < 1.29 is 37.8 Å². The van der Waals surface area contributed by atoms with Crippen LogP contribution in [-0.2, 0) is 27.1 Å². The van der Waals surface area contributed by atoms with Crippen LogP contribution in [0.4, 0.5) is 13.2 Å². The van der Waals surface area contributed by atoms with Gasteiger partial charge in [0.25, 0.3) is 0 Å². The van der Waals surface area contributed by atoms with E-state index in [4.69, 9.17) is 0 Å². The van der Waals surface area contributed by atoms with Crippen molar-refractivity contribution in [1.82, 2.24) is 4.90 Å². The summed E-state index contributed by atoms with van der Waals surface area (Å²) in [6.45, 7) is 1.87. The zero-order chi connectivity index (χ0) is 35.1. The van der Waals surface area contributed by atoms with Crippen molar-refractivity contribution in [2.75, 3.05) is 0 Å². The van der Waals surface area contributed by atoms with E-state index in [0.717, 1.165) is 44.8 Å². The van der Waals surface area contributed by atoms with Crippen LogP contribution in [-0.4, -0.2) is 39.0 Å². The average molecular weight is 668 g/mol. The highest BCUT2D eigenvalue weighted by atomic mass is 19.4. The fraction of sp³-hybridized carbons (Fsp3) is 0.225. The SMILES string of the molecule is CC(C(CC=Cc1ccc2ccccc2c1)c1ccc(C(F)(F)F)cc1)N(Cc1ccc2ccccc2c1)C(=O)CC(CC(=O)O)C(=O)O. The fourth-order valence-electron chi connectivity index (χ4n) is 6.19. The van der Waals surface area contributed by atoms with Crippen LogP contribution in [0.15, 0.2) is 115 Å². The maximum atomic E-state index is 14.0. The molecule has 1 amide bonds. The molecule has 0 aromatic heterocycles. The normalized spacial score (nSPS) is 13.7. The van der Waals surface area contributed by atoms with Gasteiger partial charge in [-0.3, -0.25) is 14.4 Å². The van der Waals surface area contributed by atoms with E-state index < -0.39 is 60.3 Å². The van der Waals surface area contributed by atoms with E-state index in [-0.39, 0.29) is 6.54 Å². The van der Waals surface area contributed by atoms with E-state index in [2.05, 4.69) is 0 Å². The summed E-state index contributed by atoms with van der Waals surface area (Å²) in [5.41, 5.74) is 1.47. The molecule has 0 bridgehead atoms. The molecule has 0 aliphatic heterocycles. The Morgan fingerprint density at radius 1 is 0.755 bits per heavy atom. The molecular weight excluding hydrogens is 631 g/mol. The van der Waals surface area contributed by atoms with Gasteiger partial charge in [0, 0.05) is 24.9 Å². The molecule has 0 saturated carbocycles. The molecule has 5 aromatic rings. The van der Waals surface area contributed by atoms with Gasteiger partial charge in [-0.25, -0.2) is 0 Å². The van der Waals surface area contributed by atoms with Gasteiger partial charge in [0.05, 0.1) is 17.9 Å². The van der Waals surface area contributed by atoms with E-state index >= 15 is 0 Å². The molecule has 49 heavy (non-hydrogen) atoms. The molecular formula is C40H36F3NO5. The standard InChI is InChI=1S/C40H36F3NO5/c1-26(44(37(45)23-34(39(48)49)24-38(46)47)25-28-14-16-30-9-3-5-11-33(30)22-28)36(31-17-19-35(20-18-31)40(41,42)43)12-6-7-27-13-15-29-8-2-4-10-32(29)21-27/h2-11,13-22,26,34,36H,12,23-25H2,1H3,(H,46,47)(H,48,49). The Hall–Kier alpha value is -5.44. The first kappa shape index (κ1) is 34.9. The lowest BCUT2D eigenvalue weighted by Crippen LogP contribution is -2.43. The van der Waals surface area contributed by atoms with Crippen molar-refractivity contribution in [3.05, 3.63) is 138 Å². The van der Waals surface area contributed by atoms with Crippen LogP contribution < -0.4 is 0 Å². The number of carboxylic acid groups (broad SMARTS) is 2. The van der Waals surface area contributed by atoms with Crippen LogP contribution >= 0.6 is 0 Å². The quantitative estimate of drug-likeness (QED) is 0.131. The fourth-order valence-corrected chi connectivity index (χ4v) is 6.19. The molecule has 0 saturated heterocycles. The molecule has 5 rings (SSSR count). The number of hydrogen-bond donors (Lipinski definition) is 2. The minimum Gasteiger partial charge on any atom is -0.481 e. The number of carboxylic acids is 2. The minimum atomic E-state index is -4.52. The predicted octanol–water partition coefficient (Wildman–Crippen LogP) is 9.18. The number of carbonyl (C=O) groups is 3. The number of fused-ring (bicyclic) bond motifs is 2. The maximum Gasteiger partial charge on any atom is 0.416 e. The van der Waals surface area contributed by atoms with Gasteiger partial charge in [0.2, 0.25) is 5.91 Å². The number of rotatable bonds is 13. The van der Waals surface area contributed by atoms with Gasteiger partial charge in [-0.15, -0.1) is 0 Å². The largest absolute Gasteiger partial charge is 0.481 e. The van der Waals surface area contributed by atoms with E-state index in [1.165, 1.54) is 17.0 Å². The third kappa shape index (κ3) is 8.93. The summed E-state index contributed by atoms with van der Waals surface area (Å²) in [6, 6.07) is 31.6. The van der Waals surface area contributed by atoms with Gasteiger partial charge in [-0.1, -0.05) is 97.1 Å². The first-order chi connectivity index (χ1) is 23.4. The summed E-state index contributed by atoms with van der Waals surface area (Å²) in [6.07, 6.45) is -1.60. The zero-order valence-electron chi connectivity index (χ0n) is 26.8. The molecule has 3 unspecified atom stereocenters. The third-order valence-corrected chi connectivity index (χ3v) is 8.89. The lowest BCUT2D eigenvalue weighted by molar-refractivity contribution is -0.151. The number of halogens is 3. The highest BCUT2D eigenvalue weighted by molar-refractivity contribution is 5.86. The number of benzene rings is 5. The van der Waals surface area contributed by atoms with Crippen molar-refractivity contribution in [2.24, 2.45) is 5.92 Å². The van der Waals surface area contributed by atoms with Gasteiger partial charge in [0.1, 0.15) is 0 Å². The summed E-state index contributed by atoms with van der Waals surface area (Å²) < 4.78 is 40.5. The van der Waals surface area contributed by atoms with Crippen molar-refractivity contribution in [3.63, 3.8) is 0 Å². The van der Waals surface area contributed by atoms with Crippen molar-refractivity contribution in [1.29, 1.82) is 0 Å². The van der Waals surface area contributed by atoms with Crippen LogP contribution in [0, 0.1) is 5.92 Å². The second-order valence-corrected chi connectivity index (χ2v) is 12.3. The molecule has 252 valence electrons. The Labute approximate surface area is 282 Å². The molecule has 0 radical (unpaired) electrons. The van der Waals surface area contributed by atoms with Gasteiger partial charge in [0.15, 0.2) is 0 Å². The van der Waals surface area contributed by atoms with Crippen LogP contribution in [0.2, 0.25) is 0 Å². The van der Waals surface area contributed by atoms with E-state index in [1.807, 2.05) is 97.1 Å². The number of allylic oxidation sites excluding steroid dienone is 1. The van der Waals surface area contributed by atoms with E-state index in [0.29, 0.717) is 12.0 Å². The van der Waals surface area contributed by atoms with Crippen LogP contribution in [0.25, 0.3) is 27.6 Å². The average Bonchev–Trinajstić information content (AvgIpc) is 3.07. The number of hydrogen-bond acceptors (Lipinski definition) is 3. The second-order valence-electron chi connectivity index (χ2n) is 12.3. The number of carbonyl (C=O) groups excluding carboxylic acids is 1. The Kier molecular flexibility index (Phi) is 10.8. The summed E-state index contributed by atoms with van der Waals surface area (Å²) in [5.74, 6) is -5.24. The van der Waals surface area contributed by atoms with Gasteiger partial charge in [-0.05, 0) is 75.8 Å². The minimum absolute atomic E-state index is 0.0791. The molecule has 5 aromatic carbocycles. The van der Waals surface area contributed by atoms with Gasteiger partial charge in [-0.2, -0.15) is 13.2 Å². The molecule has 0 heterocycles. The Balaban J connectivity index is 1.51.